The zero-order valence-electron chi connectivity index (χ0n) is 31.7. The second-order valence-electron chi connectivity index (χ2n) is 16.4. The standard InChI is InChI=1S/2C23H21.C2H7Si.2ClH.Zr/c2*1-15(2)19-13-18-10-6-11-20(22(18)14-19)21-12-5-9-17-8-4-7-16(3)23(17)21;1-3-2;;;/h2*4-15H,1-3H3;3H,1-2H3;2*1H;/q;;;;;+2/p-2. The maximum atomic E-state index is 8.87. The Morgan fingerprint density at radius 3 is 1.21 bits per heavy atom. The first kappa shape index (κ1) is 36.0. The van der Waals surface area contributed by atoms with Crippen molar-refractivity contribution in [2.24, 2.45) is 11.8 Å². The van der Waals surface area contributed by atoms with Crippen molar-refractivity contribution in [1.29, 1.82) is 0 Å². The third-order valence-corrected chi connectivity index (χ3v) is 64.2. The van der Waals surface area contributed by atoms with E-state index in [1.54, 1.807) is 0 Å². The minimum absolute atomic E-state index is 0.0454. The Morgan fingerprint density at radius 1 is 0.500 bits per heavy atom. The van der Waals surface area contributed by atoms with E-state index in [-0.39, 0.29) is 7.25 Å². The number of allylic oxidation sites excluding steroid dienone is 2. The van der Waals surface area contributed by atoms with Crippen molar-refractivity contribution < 1.29 is 15.6 Å². The molecule has 0 saturated heterocycles. The normalized spacial score (nSPS) is 17.8. The summed E-state index contributed by atoms with van der Waals surface area (Å²) in [5, 5.41) is 5.20. The van der Waals surface area contributed by atoms with Gasteiger partial charge in [0.05, 0.1) is 0 Å². The molecule has 52 heavy (non-hydrogen) atoms. The molecule has 0 aliphatic heterocycles. The third-order valence-electron chi connectivity index (χ3n) is 12.5. The van der Waals surface area contributed by atoms with E-state index in [9.17, 15) is 0 Å². The molecule has 263 valence electrons. The number of benzene rings is 6. The fourth-order valence-electron chi connectivity index (χ4n) is 9.89. The van der Waals surface area contributed by atoms with Gasteiger partial charge in [0.25, 0.3) is 0 Å². The minimum atomic E-state index is -4.99. The van der Waals surface area contributed by atoms with Crippen LogP contribution in [0.2, 0.25) is 13.1 Å². The van der Waals surface area contributed by atoms with Crippen LogP contribution < -0.4 is 0 Å². The van der Waals surface area contributed by atoms with Crippen LogP contribution in [-0.4, -0.2) is 5.92 Å². The Balaban J connectivity index is 1.39. The first-order valence-corrected chi connectivity index (χ1v) is 35.4. The van der Waals surface area contributed by atoms with E-state index in [1.165, 1.54) is 88.3 Å². The van der Waals surface area contributed by atoms with Crippen LogP contribution in [0.3, 0.4) is 0 Å². The Morgan fingerprint density at radius 2 is 0.846 bits per heavy atom. The van der Waals surface area contributed by atoms with Gasteiger partial charge in [0.15, 0.2) is 0 Å². The van der Waals surface area contributed by atoms with Crippen LogP contribution in [0.15, 0.2) is 120 Å². The number of fused-ring (bicyclic) bond motifs is 4. The maximum absolute atomic E-state index is 8.87. The van der Waals surface area contributed by atoms with Gasteiger partial charge in [0.1, 0.15) is 0 Å². The predicted molar refractivity (Wildman–Crippen MR) is 230 cm³/mol. The summed E-state index contributed by atoms with van der Waals surface area (Å²) in [7, 11) is 17.7. The Hall–Kier alpha value is -3.00. The van der Waals surface area contributed by atoms with Gasteiger partial charge in [0, 0.05) is 0 Å². The van der Waals surface area contributed by atoms with E-state index in [0.29, 0.717) is 11.8 Å². The van der Waals surface area contributed by atoms with Gasteiger partial charge in [-0.15, -0.1) is 0 Å². The second kappa shape index (κ2) is 13.1. The van der Waals surface area contributed by atoms with Gasteiger partial charge in [-0.3, -0.25) is 0 Å². The average molecular weight is 816 g/mol. The third kappa shape index (κ3) is 5.30. The molecule has 6 aromatic rings. The molecule has 0 saturated carbocycles. The van der Waals surface area contributed by atoms with Crippen LogP contribution >= 0.6 is 17.0 Å². The number of hydrogen-bond acceptors (Lipinski definition) is 0. The van der Waals surface area contributed by atoms with Gasteiger partial charge >= 0.3 is 322 Å². The summed E-state index contributed by atoms with van der Waals surface area (Å²) in [5.74, 6) is -1.09. The van der Waals surface area contributed by atoms with Crippen LogP contribution in [0.1, 0.15) is 68.3 Å². The summed E-state index contributed by atoms with van der Waals surface area (Å²) in [5.41, 5.74) is 15.9. The molecule has 2 aliphatic rings. The molecular formula is C48H49Cl2SiZr. The van der Waals surface area contributed by atoms with Crippen molar-refractivity contribution >= 4 is 56.6 Å². The van der Waals surface area contributed by atoms with Crippen LogP contribution in [0.5, 0.6) is 0 Å². The molecule has 4 heteroatoms. The van der Waals surface area contributed by atoms with Gasteiger partial charge in [-0.2, -0.15) is 0 Å². The van der Waals surface area contributed by atoms with E-state index in [2.05, 4.69) is 176 Å². The molecule has 0 aromatic heterocycles. The van der Waals surface area contributed by atoms with Gasteiger partial charge in [-0.05, 0) is 0 Å². The number of halogens is 2. The molecule has 0 N–H and O–H groups in total. The van der Waals surface area contributed by atoms with Gasteiger partial charge in [-0.1, -0.05) is 0 Å². The fraction of sp³-hybridized carbons (Fsp3) is 0.250. The van der Waals surface area contributed by atoms with E-state index < -0.39 is 21.5 Å². The molecule has 0 fully saturated rings. The van der Waals surface area contributed by atoms with Crippen LogP contribution in [0.25, 0.3) is 56.0 Å². The molecule has 8 rings (SSSR count). The average Bonchev–Trinajstić information content (AvgIpc) is 3.73. The van der Waals surface area contributed by atoms with Crippen LogP contribution in [-0.2, 0) is 15.6 Å². The second-order valence-corrected chi connectivity index (χ2v) is 58.9. The molecule has 0 nitrogen and oxygen atoms in total. The van der Waals surface area contributed by atoms with Crippen molar-refractivity contribution in [2.75, 3.05) is 0 Å². The number of rotatable bonds is 7. The van der Waals surface area contributed by atoms with Gasteiger partial charge in [-0.25, -0.2) is 0 Å². The van der Waals surface area contributed by atoms with Crippen LogP contribution in [0, 0.1) is 25.7 Å². The van der Waals surface area contributed by atoms with Crippen LogP contribution in [0.4, 0.5) is 0 Å². The molecule has 2 aliphatic carbocycles. The fourth-order valence-corrected chi connectivity index (χ4v) is 41.4. The number of hydrogen-bond donors (Lipinski definition) is 0. The molecule has 2 atom stereocenters. The van der Waals surface area contributed by atoms with Gasteiger partial charge in [0.2, 0.25) is 0 Å². The Kier molecular flexibility index (Phi) is 9.06. The molecule has 0 bridgehead atoms. The summed E-state index contributed by atoms with van der Waals surface area (Å²) >= 11 is -4.99. The molecule has 2 unspecified atom stereocenters. The molecular weight excluding hydrogens is 767 g/mol. The molecule has 0 spiro atoms. The summed E-state index contributed by atoms with van der Waals surface area (Å²) in [4.78, 5) is 0. The number of aryl methyl sites for hydroxylation is 2. The molecule has 6 aromatic carbocycles. The van der Waals surface area contributed by atoms with Crippen molar-refractivity contribution in [3.05, 3.63) is 154 Å². The summed E-state index contributed by atoms with van der Waals surface area (Å²) in [6, 6.07) is 40.6. The summed E-state index contributed by atoms with van der Waals surface area (Å²) in [6.07, 6.45) is 5.02. The Bertz CT molecular complexity index is 2310. The molecule has 0 amide bonds. The summed E-state index contributed by atoms with van der Waals surface area (Å²) in [6.45, 7) is 18.8. The first-order valence-electron chi connectivity index (χ1n) is 19.1. The van der Waals surface area contributed by atoms with E-state index >= 15 is 0 Å². The topological polar surface area (TPSA) is 0 Å². The SMILES string of the molecule is Cc1cccc2cccc(-c3cccc4c3C=C(C(C)C)[CH]4[Zr]([Cl])([Cl])([CH]3C(C(C)C)=Cc4c(-c5cccc6cccc(C)c56)cccc43)[SiH](C)C)c12. The van der Waals surface area contributed by atoms with Crippen molar-refractivity contribution in [2.45, 2.75) is 61.9 Å². The monoisotopic (exact) mass is 813 g/mol. The van der Waals surface area contributed by atoms with Crippen molar-refractivity contribution in [1.82, 2.24) is 0 Å². The van der Waals surface area contributed by atoms with Gasteiger partial charge < -0.3 is 0 Å². The first-order chi connectivity index (χ1) is 24.8. The zero-order chi connectivity index (χ0) is 36.7. The Labute approximate surface area is 319 Å². The predicted octanol–water partition coefficient (Wildman–Crippen LogP) is 14.8. The van der Waals surface area contributed by atoms with E-state index in [1.807, 2.05) is 0 Å². The quantitative estimate of drug-likeness (QED) is 0.141. The van der Waals surface area contributed by atoms with E-state index in [4.69, 9.17) is 17.0 Å². The van der Waals surface area contributed by atoms with Crippen molar-refractivity contribution in [3.8, 4) is 22.3 Å². The zero-order valence-corrected chi connectivity index (χ0v) is 36.8. The molecule has 0 radical (unpaired) electrons. The van der Waals surface area contributed by atoms with Crippen molar-refractivity contribution in [3.63, 3.8) is 0 Å². The molecule has 0 heterocycles. The van der Waals surface area contributed by atoms with E-state index in [0.717, 1.165) is 0 Å². The summed E-state index contributed by atoms with van der Waals surface area (Å²) < 4.78 is 0.0908.